The van der Waals surface area contributed by atoms with E-state index in [1.54, 1.807) is 35.1 Å². The van der Waals surface area contributed by atoms with Gasteiger partial charge in [-0.1, -0.05) is 15.9 Å². The van der Waals surface area contributed by atoms with Gasteiger partial charge in [0, 0.05) is 16.1 Å². The van der Waals surface area contributed by atoms with Crippen molar-refractivity contribution in [3.8, 4) is 0 Å². The van der Waals surface area contributed by atoms with E-state index < -0.39 is 0 Å². The summed E-state index contributed by atoms with van der Waals surface area (Å²) < 4.78 is 4.49. The third-order valence-corrected chi connectivity index (χ3v) is 5.23. The van der Waals surface area contributed by atoms with Gasteiger partial charge in [-0.15, -0.1) is 10.2 Å². The number of rotatable bonds is 4. The Bertz CT molecular complexity index is 1290. The molecule has 4 aromatic rings. The first-order valence-corrected chi connectivity index (χ1v) is 9.68. The van der Waals surface area contributed by atoms with Gasteiger partial charge < -0.3 is 5.32 Å². The Hall–Kier alpha value is -3.07. The normalized spacial score (nSPS) is 13.9. The second-order valence-electron chi connectivity index (χ2n) is 6.85. The fourth-order valence-corrected chi connectivity index (χ4v) is 3.59. The molecule has 1 saturated carbocycles. The molecular formula is C19H15BrN6O2. The lowest BCUT2D eigenvalue weighted by atomic mass is 10.1. The highest BCUT2D eigenvalue weighted by molar-refractivity contribution is 9.10. The number of fused-ring (bicyclic) bond motifs is 2. The smallest absolute Gasteiger partial charge is 0.230 e. The molecule has 1 aliphatic rings. The summed E-state index contributed by atoms with van der Waals surface area (Å²) in [4.78, 5) is 25.4. The van der Waals surface area contributed by atoms with Gasteiger partial charge in [0.15, 0.2) is 5.65 Å². The zero-order valence-corrected chi connectivity index (χ0v) is 16.3. The van der Waals surface area contributed by atoms with Crippen molar-refractivity contribution in [3.05, 3.63) is 63.2 Å². The first-order chi connectivity index (χ1) is 13.6. The SMILES string of the molecule is O=C(Cc1nn(C2CC2)c2cc(Br)ccc2c1=O)Nc1ccc2nncn2c1. The van der Waals surface area contributed by atoms with Gasteiger partial charge in [0.05, 0.1) is 23.7 Å². The molecule has 140 valence electrons. The van der Waals surface area contributed by atoms with Crippen molar-refractivity contribution in [1.29, 1.82) is 0 Å². The quantitative estimate of drug-likeness (QED) is 0.528. The molecule has 1 aromatic carbocycles. The molecule has 0 spiro atoms. The summed E-state index contributed by atoms with van der Waals surface area (Å²) in [5.74, 6) is -0.296. The van der Waals surface area contributed by atoms with Crippen molar-refractivity contribution in [1.82, 2.24) is 24.4 Å². The molecule has 3 heterocycles. The van der Waals surface area contributed by atoms with Crippen LogP contribution in [0.25, 0.3) is 16.6 Å². The van der Waals surface area contributed by atoms with Gasteiger partial charge in [-0.2, -0.15) is 5.10 Å². The highest BCUT2D eigenvalue weighted by atomic mass is 79.9. The van der Waals surface area contributed by atoms with E-state index in [4.69, 9.17) is 0 Å². The van der Waals surface area contributed by atoms with E-state index >= 15 is 0 Å². The molecule has 0 bridgehead atoms. The van der Waals surface area contributed by atoms with Gasteiger partial charge in [-0.3, -0.25) is 18.7 Å². The lowest BCUT2D eigenvalue weighted by molar-refractivity contribution is -0.115. The van der Waals surface area contributed by atoms with Crippen LogP contribution >= 0.6 is 15.9 Å². The second kappa shape index (κ2) is 6.52. The highest BCUT2D eigenvalue weighted by Crippen LogP contribution is 2.36. The summed E-state index contributed by atoms with van der Waals surface area (Å²) in [6.07, 6.45) is 5.26. The van der Waals surface area contributed by atoms with Crippen LogP contribution in [0.15, 0.2) is 52.1 Å². The van der Waals surface area contributed by atoms with Crippen molar-refractivity contribution < 1.29 is 4.79 Å². The lowest BCUT2D eigenvalue weighted by Gasteiger charge is -2.12. The van der Waals surface area contributed by atoms with Gasteiger partial charge in [0.1, 0.15) is 12.0 Å². The van der Waals surface area contributed by atoms with Gasteiger partial charge >= 0.3 is 0 Å². The van der Waals surface area contributed by atoms with Crippen LogP contribution < -0.4 is 10.7 Å². The van der Waals surface area contributed by atoms with Crippen LogP contribution in [0.1, 0.15) is 24.6 Å². The summed E-state index contributed by atoms with van der Waals surface area (Å²) in [5.41, 5.74) is 2.13. The minimum atomic E-state index is -0.296. The summed E-state index contributed by atoms with van der Waals surface area (Å²) >= 11 is 3.45. The number of halogens is 1. The average molecular weight is 439 g/mol. The lowest BCUT2D eigenvalue weighted by Crippen LogP contribution is -2.24. The molecule has 3 aromatic heterocycles. The van der Waals surface area contributed by atoms with Crippen LogP contribution in [0.3, 0.4) is 0 Å². The number of carbonyl (C=O) groups excluding carboxylic acids is 1. The predicted octanol–water partition coefficient (Wildman–Crippen LogP) is 2.72. The number of anilines is 1. The maximum atomic E-state index is 12.9. The van der Waals surface area contributed by atoms with Crippen LogP contribution in [-0.2, 0) is 11.2 Å². The standard InChI is InChI=1S/C19H15BrN6O2/c20-11-1-5-14-16(7-11)26(13-3-4-13)24-15(19(14)28)8-18(27)22-12-2-6-17-23-21-10-25(17)9-12/h1-2,5-7,9-10,13H,3-4,8H2,(H,22,27). The fourth-order valence-electron chi connectivity index (χ4n) is 3.24. The van der Waals surface area contributed by atoms with Crippen LogP contribution in [0.4, 0.5) is 5.69 Å². The molecular weight excluding hydrogens is 424 g/mol. The van der Waals surface area contributed by atoms with Crippen molar-refractivity contribution in [2.75, 3.05) is 5.32 Å². The number of nitrogens with zero attached hydrogens (tertiary/aromatic N) is 5. The Morgan fingerprint density at radius 1 is 1.25 bits per heavy atom. The zero-order chi connectivity index (χ0) is 19.3. The second-order valence-corrected chi connectivity index (χ2v) is 7.77. The van der Waals surface area contributed by atoms with E-state index in [2.05, 4.69) is 36.5 Å². The van der Waals surface area contributed by atoms with Crippen LogP contribution in [0.5, 0.6) is 0 Å². The molecule has 0 unspecified atom stereocenters. The van der Waals surface area contributed by atoms with E-state index in [0.717, 1.165) is 22.8 Å². The number of benzene rings is 1. The summed E-state index contributed by atoms with van der Waals surface area (Å²) in [5, 5.41) is 15.7. The molecule has 0 saturated heterocycles. The van der Waals surface area contributed by atoms with Crippen molar-refractivity contribution in [2.24, 2.45) is 0 Å². The Morgan fingerprint density at radius 3 is 2.93 bits per heavy atom. The van der Waals surface area contributed by atoms with Gasteiger partial charge in [0.25, 0.3) is 0 Å². The van der Waals surface area contributed by atoms with Crippen molar-refractivity contribution >= 4 is 44.1 Å². The number of pyridine rings is 1. The minimum Gasteiger partial charge on any atom is -0.324 e. The summed E-state index contributed by atoms with van der Waals surface area (Å²) in [6, 6.07) is 9.31. The monoisotopic (exact) mass is 438 g/mol. The first-order valence-electron chi connectivity index (χ1n) is 8.89. The minimum absolute atomic E-state index is 0.0855. The third-order valence-electron chi connectivity index (χ3n) is 4.74. The molecule has 1 N–H and O–H groups in total. The molecule has 1 fully saturated rings. The largest absolute Gasteiger partial charge is 0.324 e. The number of aromatic nitrogens is 5. The Labute approximate surface area is 167 Å². The average Bonchev–Trinajstić information content (AvgIpc) is 3.41. The Morgan fingerprint density at radius 2 is 2.11 bits per heavy atom. The molecule has 1 aliphatic carbocycles. The molecule has 1 amide bonds. The molecule has 28 heavy (non-hydrogen) atoms. The van der Waals surface area contributed by atoms with Crippen molar-refractivity contribution in [2.45, 2.75) is 25.3 Å². The molecule has 0 atom stereocenters. The molecule has 9 heteroatoms. The molecule has 0 aliphatic heterocycles. The number of amides is 1. The molecule has 8 nitrogen and oxygen atoms in total. The van der Waals surface area contributed by atoms with E-state index in [1.807, 2.05) is 16.8 Å². The van der Waals surface area contributed by atoms with Gasteiger partial charge in [-0.05, 0) is 43.2 Å². The Balaban J connectivity index is 1.47. The maximum absolute atomic E-state index is 12.9. The van der Waals surface area contributed by atoms with E-state index in [0.29, 0.717) is 16.7 Å². The predicted molar refractivity (Wildman–Crippen MR) is 107 cm³/mol. The molecule has 5 rings (SSSR count). The highest BCUT2D eigenvalue weighted by Gasteiger charge is 2.27. The van der Waals surface area contributed by atoms with E-state index in [9.17, 15) is 9.59 Å². The maximum Gasteiger partial charge on any atom is 0.230 e. The zero-order valence-electron chi connectivity index (χ0n) is 14.7. The third kappa shape index (κ3) is 3.07. The van der Waals surface area contributed by atoms with E-state index in [-0.39, 0.29) is 29.5 Å². The number of hydrogen-bond donors (Lipinski definition) is 1. The van der Waals surface area contributed by atoms with Crippen molar-refractivity contribution in [3.63, 3.8) is 0 Å². The van der Waals surface area contributed by atoms with Gasteiger partial charge in [0.2, 0.25) is 11.3 Å². The summed E-state index contributed by atoms with van der Waals surface area (Å²) in [7, 11) is 0. The van der Waals surface area contributed by atoms with Crippen LogP contribution in [0.2, 0.25) is 0 Å². The van der Waals surface area contributed by atoms with E-state index in [1.165, 1.54) is 0 Å². The Kier molecular flexibility index (Phi) is 3.97. The van der Waals surface area contributed by atoms with Crippen LogP contribution in [-0.4, -0.2) is 30.3 Å². The summed E-state index contributed by atoms with van der Waals surface area (Å²) in [6.45, 7) is 0. The first kappa shape index (κ1) is 17.1. The fraction of sp³-hybridized carbons (Fsp3) is 0.211. The number of hydrogen-bond acceptors (Lipinski definition) is 5. The molecule has 0 radical (unpaired) electrons. The van der Waals surface area contributed by atoms with Gasteiger partial charge in [-0.25, -0.2) is 0 Å². The number of nitrogens with one attached hydrogen (secondary N) is 1. The topological polar surface area (TPSA) is 94.2 Å². The number of carbonyl (C=O) groups is 1. The van der Waals surface area contributed by atoms with Crippen LogP contribution in [0, 0.1) is 0 Å².